The molecule has 0 aliphatic heterocycles. The summed E-state index contributed by atoms with van der Waals surface area (Å²) < 4.78 is 8.70. The molecule has 0 rings (SSSR count). The molecular weight excluding hydrogens is 198 g/mol. The van der Waals surface area contributed by atoms with E-state index in [4.69, 9.17) is 14.4 Å². The highest BCUT2D eigenvalue weighted by Gasteiger charge is 1.93. The van der Waals surface area contributed by atoms with Crippen molar-refractivity contribution >= 4 is 33.1 Å². The lowest BCUT2D eigenvalue weighted by Gasteiger charge is -1.57. The number of halogens is 2. The Kier molecular flexibility index (Phi) is 51.1. The van der Waals surface area contributed by atoms with Gasteiger partial charge in [-0.1, -0.05) is 13.0 Å². The fourth-order valence-corrected chi connectivity index (χ4v) is 0. The van der Waals surface area contributed by atoms with Gasteiger partial charge in [0.15, 0.2) is 0 Å². The van der Waals surface area contributed by atoms with Crippen LogP contribution in [0.2, 0.25) is 0 Å². The van der Waals surface area contributed by atoms with Crippen molar-refractivity contribution in [3.05, 3.63) is 12.7 Å². The highest BCUT2D eigenvalue weighted by atomic mass is 35.5. The molecule has 6 heteroatoms. The third-order valence-electron chi connectivity index (χ3n) is 0.289. The first-order valence-electron chi connectivity index (χ1n) is 2.11. The molecule has 0 radical (unpaired) electrons. The predicted octanol–water partition coefficient (Wildman–Crippen LogP) is 2.05. The van der Waals surface area contributed by atoms with E-state index in [2.05, 4.69) is 13.5 Å². The van der Waals surface area contributed by atoms with Crippen LogP contribution in [0.1, 0.15) is 13.3 Å². The molecule has 0 aromatic heterocycles. The summed E-state index contributed by atoms with van der Waals surface area (Å²) in [5, 5.41) is 0. The minimum Gasteiger partial charge on any atom is -0.147 e. The largest absolute Gasteiger partial charge is 0.692 e. The molecule has 0 saturated heterocycles. The van der Waals surface area contributed by atoms with Crippen LogP contribution >= 0.6 is 33.1 Å². The van der Waals surface area contributed by atoms with Gasteiger partial charge < -0.3 is 0 Å². The SMILES string of the molecule is C=CCC.Cl.Cl.O=[P+](O)O. The van der Waals surface area contributed by atoms with Crippen LogP contribution in [0.3, 0.4) is 0 Å². The van der Waals surface area contributed by atoms with Gasteiger partial charge in [-0.2, -0.15) is 0 Å². The highest BCUT2D eigenvalue weighted by Crippen LogP contribution is 1.98. The molecule has 0 fully saturated rings. The molecule has 2 N–H and O–H groups in total. The van der Waals surface area contributed by atoms with Gasteiger partial charge in [-0.05, 0) is 6.42 Å². The zero-order chi connectivity index (χ0) is 6.99. The Balaban J connectivity index is -0.0000000300. The lowest BCUT2D eigenvalue weighted by molar-refractivity contribution is 0.405. The zero-order valence-corrected chi connectivity index (χ0v) is 8.09. The average molecular weight is 210 g/mol. The van der Waals surface area contributed by atoms with Crippen LogP contribution in [0.5, 0.6) is 0 Å². The van der Waals surface area contributed by atoms with Crippen molar-refractivity contribution in [2.45, 2.75) is 13.3 Å². The first-order chi connectivity index (χ1) is 3.65. The second-order valence-corrected chi connectivity index (χ2v) is 1.46. The summed E-state index contributed by atoms with van der Waals surface area (Å²) in [6.45, 7) is 5.54. The van der Waals surface area contributed by atoms with Gasteiger partial charge in [-0.15, -0.1) is 41.2 Å². The van der Waals surface area contributed by atoms with Crippen molar-refractivity contribution in [3.63, 3.8) is 0 Å². The molecule has 0 aromatic carbocycles. The maximum Gasteiger partial charge on any atom is 0.692 e. The van der Waals surface area contributed by atoms with E-state index in [-0.39, 0.29) is 24.8 Å². The van der Waals surface area contributed by atoms with E-state index in [1.54, 1.807) is 0 Å². The number of allylic oxidation sites excluding steroid dienone is 1. The smallest absolute Gasteiger partial charge is 0.147 e. The summed E-state index contributed by atoms with van der Waals surface area (Å²) in [5.41, 5.74) is 0. The van der Waals surface area contributed by atoms with E-state index >= 15 is 0 Å². The summed E-state index contributed by atoms with van der Waals surface area (Å²) in [4.78, 5) is 14.2. The second-order valence-electron chi connectivity index (χ2n) is 0.950. The lowest BCUT2D eigenvalue weighted by atomic mass is 10.5. The second kappa shape index (κ2) is 22.8. The first-order valence-corrected chi connectivity index (χ1v) is 3.27. The van der Waals surface area contributed by atoms with Crippen LogP contribution < -0.4 is 0 Å². The van der Waals surface area contributed by atoms with E-state index in [0.29, 0.717) is 0 Å². The third-order valence-corrected chi connectivity index (χ3v) is 0.289. The van der Waals surface area contributed by atoms with Gasteiger partial charge in [-0.25, -0.2) is 0 Å². The Morgan fingerprint density at radius 3 is 1.60 bits per heavy atom. The van der Waals surface area contributed by atoms with Gasteiger partial charge in [0.05, 0.1) is 0 Å². The van der Waals surface area contributed by atoms with Gasteiger partial charge in [0.1, 0.15) is 0 Å². The Bertz CT molecular complexity index is 74.9. The maximum atomic E-state index is 8.70. The number of rotatable bonds is 1. The average Bonchev–Trinajstić information content (AvgIpc) is 1.65. The van der Waals surface area contributed by atoms with E-state index in [9.17, 15) is 0 Å². The van der Waals surface area contributed by atoms with Gasteiger partial charge in [0.25, 0.3) is 0 Å². The summed E-state index contributed by atoms with van der Waals surface area (Å²) in [7, 11) is -2.87. The Morgan fingerprint density at radius 2 is 1.60 bits per heavy atom. The van der Waals surface area contributed by atoms with Crippen LogP contribution in [0, 0.1) is 0 Å². The van der Waals surface area contributed by atoms with Crippen molar-refractivity contribution in [1.29, 1.82) is 0 Å². The van der Waals surface area contributed by atoms with E-state index in [0.717, 1.165) is 6.42 Å². The highest BCUT2D eigenvalue weighted by molar-refractivity contribution is 7.30. The Hall–Kier alpha value is 0.340. The van der Waals surface area contributed by atoms with Crippen LogP contribution in [0.15, 0.2) is 12.7 Å². The van der Waals surface area contributed by atoms with E-state index in [1.807, 2.05) is 6.08 Å². The van der Waals surface area contributed by atoms with E-state index < -0.39 is 8.25 Å². The van der Waals surface area contributed by atoms with Gasteiger partial charge in [0, 0.05) is 4.57 Å². The fraction of sp³-hybridized carbons (Fsp3) is 0.500. The molecule has 0 amide bonds. The summed E-state index contributed by atoms with van der Waals surface area (Å²) in [5.74, 6) is 0. The molecule has 0 saturated carbocycles. The van der Waals surface area contributed by atoms with Crippen molar-refractivity contribution in [3.8, 4) is 0 Å². The molecule has 0 aromatic rings. The lowest BCUT2D eigenvalue weighted by Crippen LogP contribution is -1.38. The molecule has 64 valence electrons. The zero-order valence-electron chi connectivity index (χ0n) is 5.56. The summed E-state index contributed by atoms with van der Waals surface area (Å²) in [6, 6.07) is 0. The molecular formula is C4H12Cl2O3P+. The molecule has 0 aliphatic carbocycles. The maximum absolute atomic E-state index is 8.70. The molecule has 0 bridgehead atoms. The molecule has 10 heavy (non-hydrogen) atoms. The van der Waals surface area contributed by atoms with Gasteiger partial charge in [-0.3, -0.25) is 0 Å². The van der Waals surface area contributed by atoms with Crippen LogP contribution in [-0.4, -0.2) is 9.79 Å². The Labute approximate surface area is 73.9 Å². The van der Waals surface area contributed by atoms with Gasteiger partial charge in [0.2, 0.25) is 0 Å². The van der Waals surface area contributed by atoms with E-state index in [1.165, 1.54) is 0 Å². The van der Waals surface area contributed by atoms with Crippen LogP contribution in [-0.2, 0) is 4.57 Å². The topological polar surface area (TPSA) is 57.5 Å². The summed E-state index contributed by atoms with van der Waals surface area (Å²) >= 11 is 0. The number of hydrogen-bond acceptors (Lipinski definition) is 1. The molecule has 3 nitrogen and oxygen atoms in total. The first kappa shape index (κ1) is 22.4. The molecule has 0 aliphatic rings. The Morgan fingerprint density at radius 1 is 1.50 bits per heavy atom. The van der Waals surface area contributed by atoms with Crippen LogP contribution in [0.4, 0.5) is 0 Å². The predicted molar refractivity (Wildman–Crippen MR) is 47.0 cm³/mol. The standard InChI is InChI=1S/C4H8.2ClH.HO3P/c1-3-4-2;;;1-4(2)3/h3H,1,4H2,2H3;2*1H;(H-,1,2,3)/p+1. The van der Waals surface area contributed by atoms with Crippen molar-refractivity contribution in [2.75, 3.05) is 0 Å². The van der Waals surface area contributed by atoms with Gasteiger partial charge >= 0.3 is 8.25 Å². The van der Waals surface area contributed by atoms with Crippen LogP contribution in [0.25, 0.3) is 0 Å². The molecule has 0 unspecified atom stereocenters. The summed E-state index contributed by atoms with van der Waals surface area (Å²) in [6.07, 6.45) is 2.96. The van der Waals surface area contributed by atoms with Crippen molar-refractivity contribution in [2.24, 2.45) is 0 Å². The molecule has 0 spiro atoms. The molecule has 0 heterocycles. The fourth-order valence-electron chi connectivity index (χ4n) is 0. The van der Waals surface area contributed by atoms with Crippen molar-refractivity contribution in [1.82, 2.24) is 0 Å². The quantitative estimate of drug-likeness (QED) is 0.514. The molecule has 0 atom stereocenters. The number of hydrogen-bond donors (Lipinski definition) is 2. The minimum atomic E-state index is -2.87. The normalized spacial score (nSPS) is 5.10. The monoisotopic (exact) mass is 209 g/mol. The van der Waals surface area contributed by atoms with Crippen molar-refractivity contribution < 1.29 is 14.4 Å². The third kappa shape index (κ3) is 250. The minimum absolute atomic E-state index is 0.